The number of carbonyl (C=O) groups excluding carboxylic acids is 1. The number of nitrogens with zero attached hydrogens (tertiary/aromatic N) is 1. The number of hydrogen-bond donors (Lipinski definition) is 1. The van der Waals surface area contributed by atoms with Crippen LogP contribution in [0.4, 0.5) is 0 Å². The molecule has 3 saturated heterocycles. The fourth-order valence-corrected chi connectivity index (χ4v) is 4.47. The second-order valence-electron chi connectivity index (χ2n) is 6.98. The molecular formula is C21H21NO3. The number of carbonyl (C=O) groups is 2. The van der Waals surface area contributed by atoms with Gasteiger partial charge in [-0.3, -0.25) is 14.5 Å². The van der Waals surface area contributed by atoms with E-state index in [1.54, 1.807) is 0 Å². The van der Waals surface area contributed by atoms with E-state index in [1.165, 1.54) is 0 Å². The molecule has 5 rings (SSSR count). The number of fused-ring (bicyclic) bond motifs is 3. The lowest BCUT2D eigenvalue weighted by Crippen LogP contribution is -2.62. The van der Waals surface area contributed by atoms with Crippen LogP contribution in [0.15, 0.2) is 60.7 Å². The SMILES string of the molecule is O=C(O)[C@@H]1CN2CC[C@H]1C(=O)C2C(c1ccccc1)c1ccccc1. The van der Waals surface area contributed by atoms with Gasteiger partial charge in [0.15, 0.2) is 5.78 Å². The van der Waals surface area contributed by atoms with E-state index in [1.807, 2.05) is 36.4 Å². The van der Waals surface area contributed by atoms with Crippen LogP contribution in [0.2, 0.25) is 0 Å². The van der Waals surface area contributed by atoms with Crippen molar-refractivity contribution in [2.75, 3.05) is 13.1 Å². The van der Waals surface area contributed by atoms with Crippen molar-refractivity contribution < 1.29 is 14.7 Å². The molecule has 3 aliphatic heterocycles. The number of rotatable bonds is 4. The van der Waals surface area contributed by atoms with Crippen LogP contribution in [0, 0.1) is 11.8 Å². The largest absolute Gasteiger partial charge is 0.481 e. The van der Waals surface area contributed by atoms with Crippen LogP contribution in [-0.4, -0.2) is 40.9 Å². The highest BCUT2D eigenvalue weighted by molar-refractivity contribution is 5.93. The molecule has 0 radical (unpaired) electrons. The molecule has 0 amide bonds. The highest BCUT2D eigenvalue weighted by atomic mass is 16.4. The topological polar surface area (TPSA) is 57.6 Å². The average molecular weight is 335 g/mol. The molecule has 2 bridgehead atoms. The maximum absolute atomic E-state index is 13.2. The Bertz CT molecular complexity index is 735. The Kier molecular flexibility index (Phi) is 4.14. The summed E-state index contributed by atoms with van der Waals surface area (Å²) in [5.74, 6) is -1.75. The van der Waals surface area contributed by atoms with Crippen molar-refractivity contribution in [2.24, 2.45) is 11.8 Å². The van der Waals surface area contributed by atoms with E-state index < -0.39 is 11.9 Å². The lowest BCUT2D eigenvalue weighted by atomic mass is 9.69. The summed E-state index contributed by atoms with van der Waals surface area (Å²) in [5, 5.41) is 9.46. The molecule has 0 saturated carbocycles. The van der Waals surface area contributed by atoms with E-state index in [4.69, 9.17) is 0 Å². The summed E-state index contributed by atoms with van der Waals surface area (Å²) in [6, 6.07) is 19.9. The van der Waals surface area contributed by atoms with Crippen LogP contribution >= 0.6 is 0 Å². The molecule has 3 fully saturated rings. The molecule has 0 aromatic heterocycles. The Balaban J connectivity index is 1.76. The minimum Gasteiger partial charge on any atom is -0.481 e. The molecule has 2 unspecified atom stereocenters. The highest BCUT2D eigenvalue weighted by Gasteiger charge is 2.52. The third-order valence-corrected chi connectivity index (χ3v) is 5.64. The Labute approximate surface area is 147 Å². The zero-order valence-corrected chi connectivity index (χ0v) is 13.9. The molecule has 4 nitrogen and oxygen atoms in total. The van der Waals surface area contributed by atoms with Crippen LogP contribution in [0.1, 0.15) is 23.5 Å². The van der Waals surface area contributed by atoms with Gasteiger partial charge in [0.2, 0.25) is 0 Å². The van der Waals surface area contributed by atoms with E-state index in [0.717, 1.165) is 17.7 Å². The van der Waals surface area contributed by atoms with Crippen LogP contribution in [0.5, 0.6) is 0 Å². The number of ketones is 1. The van der Waals surface area contributed by atoms with Crippen LogP contribution in [0.25, 0.3) is 0 Å². The first-order valence-corrected chi connectivity index (χ1v) is 8.77. The van der Waals surface area contributed by atoms with Crippen molar-refractivity contribution in [3.05, 3.63) is 71.8 Å². The van der Waals surface area contributed by atoms with E-state index in [2.05, 4.69) is 29.2 Å². The number of benzene rings is 2. The second-order valence-corrected chi connectivity index (χ2v) is 6.98. The molecule has 2 aromatic carbocycles. The summed E-state index contributed by atoms with van der Waals surface area (Å²) in [4.78, 5) is 26.8. The molecule has 4 atom stereocenters. The molecule has 0 spiro atoms. The van der Waals surface area contributed by atoms with Gasteiger partial charge in [0.1, 0.15) is 0 Å². The Morgan fingerprint density at radius 3 is 2.04 bits per heavy atom. The molecule has 128 valence electrons. The van der Waals surface area contributed by atoms with Crippen molar-refractivity contribution >= 4 is 11.8 Å². The normalized spacial score (nSPS) is 28.3. The van der Waals surface area contributed by atoms with Gasteiger partial charge in [-0.1, -0.05) is 60.7 Å². The predicted molar refractivity (Wildman–Crippen MR) is 94.3 cm³/mol. The summed E-state index contributed by atoms with van der Waals surface area (Å²) in [6.07, 6.45) is 0.655. The van der Waals surface area contributed by atoms with Crippen molar-refractivity contribution in [3.8, 4) is 0 Å². The first kappa shape index (κ1) is 16.0. The van der Waals surface area contributed by atoms with Gasteiger partial charge in [-0.2, -0.15) is 0 Å². The van der Waals surface area contributed by atoms with Crippen LogP contribution in [-0.2, 0) is 9.59 Å². The van der Waals surface area contributed by atoms with Crippen LogP contribution < -0.4 is 0 Å². The lowest BCUT2D eigenvalue weighted by molar-refractivity contribution is -0.159. The zero-order chi connectivity index (χ0) is 17.4. The number of piperidine rings is 3. The molecule has 3 heterocycles. The maximum atomic E-state index is 13.2. The number of Topliss-reactive ketones (excluding diaryl/α,β-unsaturated/α-hetero) is 1. The number of aliphatic carboxylic acids is 1. The fraction of sp³-hybridized carbons (Fsp3) is 0.333. The van der Waals surface area contributed by atoms with Gasteiger partial charge in [0, 0.05) is 18.4 Å². The molecule has 4 heteroatoms. The first-order chi connectivity index (χ1) is 12.2. The third kappa shape index (κ3) is 2.76. The average Bonchev–Trinajstić information content (AvgIpc) is 2.66. The molecule has 2 aromatic rings. The van der Waals surface area contributed by atoms with Crippen molar-refractivity contribution in [2.45, 2.75) is 18.4 Å². The van der Waals surface area contributed by atoms with Gasteiger partial charge in [-0.15, -0.1) is 0 Å². The zero-order valence-electron chi connectivity index (χ0n) is 13.9. The van der Waals surface area contributed by atoms with E-state index in [9.17, 15) is 14.7 Å². The lowest BCUT2D eigenvalue weighted by Gasteiger charge is -2.49. The Morgan fingerprint density at radius 1 is 1.00 bits per heavy atom. The van der Waals surface area contributed by atoms with Gasteiger partial charge in [0.25, 0.3) is 0 Å². The van der Waals surface area contributed by atoms with Gasteiger partial charge in [-0.05, 0) is 24.1 Å². The molecule has 25 heavy (non-hydrogen) atoms. The minimum atomic E-state index is -0.850. The summed E-state index contributed by atoms with van der Waals surface area (Å²) < 4.78 is 0. The monoisotopic (exact) mass is 335 g/mol. The van der Waals surface area contributed by atoms with Gasteiger partial charge >= 0.3 is 5.97 Å². The number of hydrogen-bond acceptors (Lipinski definition) is 3. The van der Waals surface area contributed by atoms with E-state index in [0.29, 0.717) is 13.0 Å². The summed E-state index contributed by atoms with van der Waals surface area (Å²) in [6.45, 7) is 1.26. The number of carboxylic acids is 1. The van der Waals surface area contributed by atoms with Crippen LogP contribution in [0.3, 0.4) is 0 Å². The first-order valence-electron chi connectivity index (χ1n) is 8.77. The van der Waals surface area contributed by atoms with Crippen molar-refractivity contribution in [3.63, 3.8) is 0 Å². The minimum absolute atomic E-state index is 0.0626. The smallest absolute Gasteiger partial charge is 0.308 e. The van der Waals surface area contributed by atoms with Gasteiger partial charge < -0.3 is 5.11 Å². The summed E-state index contributed by atoms with van der Waals surface area (Å²) >= 11 is 0. The van der Waals surface area contributed by atoms with Gasteiger partial charge in [-0.25, -0.2) is 0 Å². The van der Waals surface area contributed by atoms with Gasteiger partial charge in [0.05, 0.1) is 12.0 Å². The summed E-state index contributed by atoms with van der Waals surface area (Å²) in [7, 11) is 0. The Morgan fingerprint density at radius 2 is 1.56 bits per heavy atom. The fourth-order valence-electron chi connectivity index (χ4n) is 4.47. The number of carboxylic acid groups (broad SMARTS) is 1. The predicted octanol–water partition coefficient (Wildman–Crippen LogP) is 2.79. The third-order valence-electron chi connectivity index (χ3n) is 5.64. The van der Waals surface area contributed by atoms with E-state index in [-0.39, 0.29) is 23.7 Å². The van der Waals surface area contributed by atoms with Crippen molar-refractivity contribution in [1.82, 2.24) is 4.90 Å². The molecular weight excluding hydrogens is 314 g/mol. The second kappa shape index (κ2) is 6.45. The maximum Gasteiger partial charge on any atom is 0.308 e. The Hall–Kier alpha value is -2.46. The molecule has 3 aliphatic rings. The standard InChI is InChI=1S/C21H21NO3/c23-20-16-11-12-22(13-17(16)21(24)25)19(20)18(14-7-3-1-4-8-14)15-9-5-2-6-10-15/h1-10,16-19H,11-13H2,(H,24,25)/t16-,17-,19?/m1/s1. The molecule has 0 aliphatic carbocycles. The highest BCUT2D eigenvalue weighted by Crippen LogP contribution is 2.41. The molecule has 1 N–H and O–H groups in total. The van der Waals surface area contributed by atoms with Crippen molar-refractivity contribution in [1.29, 1.82) is 0 Å². The quantitative estimate of drug-likeness (QED) is 0.933. The summed E-state index contributed by atoms with van der Waals surface area (Å²) in [5.41, 5.74) is 2.21. The van der Waals surface area contributed by atoms with E-state index >= 15 is 0 Å².